The third-order valence-corrected chi connectivity index (χ3v) is 4.64. The molecule has 1 amide bonds. The minimum atomic E-state index is -1.82. The van der Waals surface area contributed by atoms with E-state index in [1.165, 1.54) is 0 Å². The summed E-state index contributed by atoms with van der Waals surface area (Å²) < 4.78 is 15.6. The van der Waals surface area contributed by atoms with Crippen molar-refractivity contribution in [2.24, 2.45) is 5.92 Å². The zero-order valence-electron chi connectivity index (χ0n) is 18.5. The second-order valence-corrected chi connectivity index (χ2v) is 6.87. The Hall–Kier alpha value is -3.34. The Labute approximate surface area is 186 Å². The summed E-state index contributed by atoms with van der Waals surface area (Å²) in [5, 5.41) is 17.7. The van der Waals surface area contributed by atoms with Gasteiger partial charge in [-0.05, 0) is 38.4 Å². The first-order chi connectivity index (χ1) is 15.2. The number of nitrogens with zero attached hydrogens (tertiary/aromatic N) is 1. The molecule has 0 bridgehead atoms. The molecule has 1 fully saturated rings. The molecule has 1 aromatic carbocycles. The Morgan fingerprint density at radius 2 is 1.81 bits per heavy atom. The minimum Gasteiger partial charge on any atom is -0.497 e. The van der Waals surface area contributed by atoms with Gasteiger partial charge in [-0.25, -0.2) is 9.59 Å². The standard InChI is InChI=1S/C19H28N2O5.C2H2O4/c1-4-26-19(23)14-6-5-10-21(13-14)11-9-18(22)20-16-12-15(24-2)7-8-17(16)25-3;3-1(4)2(5)6/h7-8,12,14H,4-6,9-11,13H2,1-3H3,(H,20,22);(H,3,4)(H,5,6). The molecule has 11 heteroatoms. The highest BCUT2D eigenvalue weighted by Gasteiger charge is 2.26. The lowest BCUT2D eigenvalue weighted by atomic mass is 9.98. The van der Waals surface area contributed by atoms with Gasteiger partial charge in [0.25, 0.3) is 0 Å². The van der Waals surface area contributed by atoms with Gasteiger partial charge in [-0.2, -0.15) is 0 Å². The van der Waals surface area contributed by atoms with Gasteiger partial charge in [-0.15, -0.1) is 0 Å². The van der Waals surface area contributed by atoms with E-state index in [0.29, 0.717) is 43.3 Å². The van der Waals surface area contributed by atoms with Crippen LogP contribution in [0.5, 0.6) is 11.5 Å². The van der Waals surface area contributed by atoms with Crippen LogP contribution in [-0.4, -0.2) is 79.4 Å². The number of rotatable bonds is 8. The van der Waals surface area contributed by atoms with Gasteiger partial charge in [0.15, 0.2) is 0 Å². The lowest BCUT2D eigenvalue weighted by Crippen LogP contribution is -2.40. The predicted octanol–water partition coefficient (Wildman–Crippen LogP) is 1.46. The number of hydrogen-bond donors (Lipinski definition) is 3. The highest BCUT2D eigenvalue weighted by atomic mass is 16.5. The summed E-state index contributed by atoms with van der Waals surface area (Å²) in [6, 6.07) is 5.26. The fraction of sp³-hybridized carbons (Fsp3) is 0.524. The number of piperidine rings is 1. The van der Waals surface area contributed by atoms with E-state index in [-0.39, 0.29) is 17.8 Å². The first-order valence-corrected chi connectivity index (χ1v) is 10.1. The number of carbonyl (C=O) groups is 4. The minimum absolute atomic E-state index is 0.0924. The number of ether oxygens (including phenoxy) is 3. The molecule has 0 saturated carbocycles. The molecule has 1 atom stereocenters. The fourth-order valence-electron chi connectivity index (χ4n) is 3.10. The molecular weight excluding hydrogens is 424 g/mol. The number of hydrogen-bond acceptors (Lipinski definition) is 8. The Balaban J connectivity index is 0.000000751. The zero-order chi connectivity index (χ0) is 24.1. The number of esters is 1. The smallest absolute Gasteiger partial charge is 0.414 e. The maximum atomic E-state index is 12.3. The summed E-state index contributed by atoms with van der Waals surface area (Å²) in [4.78, 5) is 44.6. The van der Waals surface area contributed by atoms with Crippen LogP contribution in [0.25, 0.3) is 0 Å². The van der Waals surface area contributed by atoms with Crippen molar-refractivity contribution in [2.75, 3.05) is 45.8 Å². The average Bonchev–Trinajstić information content (AvgIpc) is 2.78. The predicted molar refractivity (Wildman–Crippen MR) is 114 cm³/mol. The van der Waals surface area contributed by atoms with Crippen molar-refractivity contribution in [3.8, 4) is 11.5 Å². The molecule has 0 radical (unpaired) electrons. The van der Waals surface area contributed by atoms with Gasteiger partial charge in [-0.1, -0.05) is 0 Å². The summed E-state index contributed by atoms with van der Waals surface area (Å²) >= 11 is 0. The number of amides is 1. The number of carboxylic acids is 2. The summed E-state index contributed by atoms with van der Waals surface area (Å²) in [6.45, 7) is 4.37. The first-order valence-electron chi connectivity index (χ1n) is 10.1. The van der Waals surface area contributed by atoms with Crippen molar-refractivity contribution in [3.63, 3.8) is 0 Å². The molecule has 3 N–H and O–H groups in total. The summed E-state index contributed by atoms with van der Waals surface area (Å²) in [7, 11) is 3.13. The fourth-order valence-corrected chi connectivity index (χ4v) is 3.10. The van der Waals surface area contributed by atoms with Gasteiger partial charge < -0.3 is 34.6 Å². The molecule has 2 rings (SSSR count). The Kier molecular flexibility index (Phi) is 11.6. The molecule has 0 aromatic heterocycles. The Bertz CT molecular complexity index is 785. The number of nitrogens with one attached hydrogen (secondary N) is 1. The second kappa shape index (κ2) is 13.9. The third-order valence-electron chi connectivity index (χ3n) is 4.64. The molecule has 0 aliphatic carbocycles. The van der Waals surface area contributed by atoms with Crippen LogP contribution in [0.1, 0.15) is 26.2 Å². The van der Waals surface area contributed by atoms with Crippen LogP contribution < -0.4 is 14.8 Å². The van der Waals surface area contributed by atoms with Crippen molar-refractivity contribution in [1.82, 2.24) is 4.90 Å². The molecule has 0 spiro atoms. The third kappa shape index (κ3) is 9.21. The lowest BCUT2D eigenvalue weighted by molar-refractivity contribution is -0.159. The molecule has 1 saturated heterocycles. The van der Waals surface area contributed by atoms with Crippen molar-refractivity contribution in [1.29, 1.82) is 0 Å². The van der Waals surface area contributed by atoms with Crippen LogP contribution in [0, 0.1) is 5.92 Å². The van der Waals surface area contributed by atoms with E-state index < -0.39 is 11.9 Å². The van der Waals surface area contributed by atoms with Gasteiger partial charge in [0, 0.05) is 25.6 Å². The van der Waals surface area contributed by atoms with E-state index in [1.807, 2.05) is 6.92 Å². The van der Waals surface area contributed by atoms with Gasteiger partial charge in [-0.3, -0.25) is 9.59 Å². The van der Waals surface area contributed by atoms with Crippen LogP contribution in [0.3, 0.4) is 0 Å². The largest absolute Gasteiger partial charge is 0.497 e. The Morgan fingerprint density at radius 1 is 1.12 bits per heavy atom. The van der Waals surface area contributed by atoms with Crippen molar-refractivity contribution in [3.05, 3.63) is 18.2 Å². The summed E-state index contributed by atoms with van der Waals surface area (Å²) in [5.74, 6) is -2.75. The van der Waals surface area contributed by atoms with E-state index in [1.54, 1.807) is 32.4 Å². The van der Waals surface area contributed by atoms with Gasteiger partial charge in [0.05, 0.1) is 32.4 Å². The molecule has 1 aliphatic heterocycles. The van der Waals surface area contributed by atoms with Gasteiger partial charge >= 0.3 is 17.9 Å². The zero-order valence-corrected chi connectivity index (χ0v) is 18.5. The maximum Gasteiger partial charge on any atom is 0.414 e. The molecule has 178 valence electrons. The summed E-state index contributed by atoms with van der Waals surface area (Å²) in [5.41, 5.74) is 0.583. The van der Waals surface area contributed by atoms with Crippen molar-refractivity contribution < 1.29 is 43.6 Å². The molecule has 1 unspecified atom stereocenters. The van der Waals surface area contributed by atoms with E-state index in [0.717, 1.165) is 19.4 Å². The topological polar surface area (TPSA) is 152 Å². The SMILES string of the molecule is CCOC(=O)C1CCCN(CCC(=O)Nc2cc(OC)ccc2OC)C1.O=C(O)C(=O)O. The number of carboxylic acid groups (broad SMARTS) is 2. The number of anilines is 1. The quantitative estimate of drug-likeness (QED) is 0.389. The van der Waals surface area contributed by atoms with Crippen LogP contribution >= 0.6 is 0 Å². The molecule has 11 nitrogen and oxygen atoms in total. The number of benzene rings is 1. The average molecular weight is 454 g/mol. The van der Waals surface area contributed by atoms with E-state index in [4.69, 9.17) is 34.0 Å². The molecule has 1 aliphatic rings. The van der Waals surface area contributed by atoms with Crippen molar-refractivity contribution >= 4 is 29.5 Å². The number of aliphatic carboxylic acids is 2. The highest BCUT2D eigenvalue weighted by Crippen LogP contribution is 2.29. The number of methoxy groups -OCH3 is 2. The van der Waals surface area contributed by atoms with Crippen LogP contribution in [0.15, 0.2) is 18.2 Å². The number of carbonyl (C=O) groups excluding carboxylic acids is 2. The van der Waals surface area contributed by atoms with E-state index >= 15 is 0 Å². The van der Waals surface area contributed by atoms with Crippen LogP contribution in [0.4, 0.5) is 5.69 Å². The van der Waals surface area contributed by atoms with Crippen molar-refractivity contribution in [2.45, 2.75) is 26.2 Å². The lowest BCUT2D eigenvalue weighted by Gasteiger charge is -2.31. The van der Waals surface area contributed by atoms with E-state index in [2.05, 4.69) is 10.2 Å². The number of likely N-dealkylation sites (tertiary alicyclic amines) is 1. The maximum absolute atomic E-state index is 12.3. The second-order valence-electron chi connectivity index (χ2n) is 6.87. The van der Waals surface area contributed by atoms with E-state index in [9.17, 15) is 9.59 Å². The molecule has 1 aromatic rings. The Morgan fingerprint density at radius 3 is 2.38 bits per heavy atom. The van der Waals surface area contributed by atoms with Gasteiger partial charge in [0.2, 0.25) is 5.91 Å². The molecule has 32 heavy (non-hydrogen) atoms. The summed E-state index contributed by atoms with van der Waals surface area (Å²) in [6.07, 6.45) is 2.13. The van der Waals surface area contributed by atoms with Gasteiger partial charge in [0.1, 0.15) is 11.5 Å². The normalized spacial score (nSPS) is 15.5. The molecular formula is C21H30N2O9. The van der Waals surface area contributed by atoms with Crippen LogP contribution in [-0.2, 0) is 23.9 Å². The monoisotopic (exact) mass is 454 g/mol. The van der Waals surface area contributed by atoms with Crippen LogP contribution in [0.2, 0.25) is 0 Å². The highest BCUT2D eigenvalue weighted by molar-refractivity contribution is 6.27. The first kappa shape index (κ1) is 26.7. The molecule has 1 heterocycles.